The predicted octanol–water partition coefficient (Wildman–Crippen LogP) is 1.62. The molecule has 1 saturated carbocycles. The molecule has 2 rings (SSSR count). The van der Waals surface area contributed by atoms with Crippen LogP contribution in [0.15, 0.2) is 9.59 Å². The molecule has 19 heavy (non-hydrogen) atoms. The first-order valence-electron chi connectivity index (χ1n) is 6.20. The molecule has 1 amide bonds. The Labute approximate surface area is 117 Å². The molecule has 1 heterocycles. The summed E-state index contributed by atoms with van der Waals surface area (Å²) in [7, 11) is -3.75. The van der Waals surface area contributed by atoms with Crippen molar-refractivity contribution in [2.45, 2.75) is 43.4 Å². The number of nitrogens with one attached hydrogen (secondary N) is 1. The van der Waals surface area contributed by atoms with Gasteiger partial charge in [0.1, 0.15) is 4.21 Å². The molecule has 1 unspecified atom stereocenters. The van der Waals surface area contributed by atoms with E-state index in [-0.39, 0.29) is 16.2 Å². The maximum absolute atomic E-state index is 12.1. The van der Waals surface area contributed by atoms with Gasteiger partial charge in [-0.05, 0) is 31.7 Å². The average molecular weight is 302 g/mol. The molecular weight excluding hydrogens is 284 g/mol. The molecule has 1 aliphatic carbocycles. The first kappa shape index (κ1) is 14.5. The molecule has 7 heteroatoms. The summed E-state index contributed by atoms with van der Waals surface area (Å²) in [5.41, 5.74) is 0.834. The zero-order valence-corrected chi connectivity index (χ0v) is 12.6. The van der Waals surface area contributed by atoms with E-state index < -0.39 is 10.0 Å². The highest BCUT2D eigenvalue weighted by Gasteiger charge is 2.26. The van der Waals surface area contributed by atoms with Gasteiger partial charge in [0.2, 0.25) is 10.0 Å². The Morgan fingerprint density at radius 1 is 1.58 bits per heavy atom. The Morgan fingerprint density at radius 2 is 2.21 bits per heavy atom. The number of amides is 1. The van der Waals surface area contributed by atoms with E-state index >= 15 is 0 Å². The van der Waals surface area contributed by atoms with E-state index in [4.69, 9.17) is 5.14 Å². The van der Waals surface area contributed by atoms with Crippen molar-refractivity contribution >= 4 is 27.3 Å². The third kappa shape index (κ3) is 3.55. The third-order valence-electron chi connectivity index (χ3n) is 3.26. The van der Waals surface area contributed by atoms with Gasteiger partial charge in [-0.15, -0.1) is 11.3 Å². The fourth-order valence-electron chi connectivity index (χ4n) is 2.12. The van der Waals surface area contributed by atoms with Crippen molar-refractivity contribution in [3.63, 3.8) is 0 Å². The highest BCUT2D eigenvalue weighted by molar-refractivity contribution is 7.91. The summed E-state index contributed by atoms with van der Waals surface area (Å²) in [6.07, 6.45) is 3.47. The molecule has 0 saturated heterocycles. The van der Waals surface area contributed by atoms with E-state index in [2.05, 4.69) is 5.32 Å². The Hall–Kier alpha value is -0.920. The number of hydrogen-bond donors (Lipinski definition) is 2. The molecule has 5 nitrogen and oxygen atoms in total. The van der Waals surface area contributed by atoms with Crippen LogP contribution >= 0.6 is 11.3 Å². The SMILES string of the molecule is Cc1c(C(=O)NC(C)CC2CC2)csc1S(N)(=O)=O. The number of thiophene rings is 1. The molecule has 1 aromatic rings. The van der Waals surface area contributed by atoms with Gasteiger partial charge in [-0.3, -0.25) is 4.79 Å². The fourth-order valence-corrected chi connectivity index (χ4v) is 4.13. The molecule has 1 aromatic heterocycles. The number of nitrogens with two attached hydrogens (primary N) is 1. The Morgan fingerprint density at radius 3 is 2.68 bits per heavy atom. The number of rotatable bonds is 5. The van der Waals surface area contributed by atoms with Crippen molar-refractivity contribution in [3.8, 4) is 0 Å². The summed E-state index contributed by atoms with van der Waals surface area (Å²) in [4.78, 5) is 12.1. The highest BCUT2D eigenvalue weighted by Crippen LogP contribution is 2.33. The van der Waals surface area contributed by atoms with Crippen LogP contribution in [-0.2, 0) is 10.0 Å². The maximum atomic E-state index is 12.1. The van der Waals surface area contributed by atoms with Crippen LogP contribution in [0.25, 0.3) is 0 Å². The summed E-state index contributed by atoms with van der Waals surface area (Å²) < 4.78 is 22.7. The molecule has 1 atom stereocenters. The van der Waals surface area contributed by atoms with Crippen molar-refractivity contribution in [1.82, 2.24) is 5.32 Å². The first-order valence-corrected chi connectivity index (χ1v) is 8.63. The number of carbonyl (C=O) groups is 1. The topological polar surface area (TPSA) is 89.3 Å². The van der Waals surface area contributed by atoms with E-state index in [1.165, 1.54) is 12.8 Å². The van der Waals surface area contributed by atoms with Crippen LogP contribution in [0.1, 0.15) is 42.1 Å². The predicted molar refractivity (Wildman–Crippen MR) is 74.7 cm³/mol. The Kier molecular flexibility index (Phi) is 3.98. The van der Waals surface area contributed by atoms with Gasteiger partial charge in [-0.25, -0.2) is 13.6 Å². The van der Waals surface area contributed by atoms with Crippen LogP contribution in [0, 0.1) is 12.8 Å². The largest absolute Gasteiger partial charge is 0.350 e. The number of primary sulfonamides is 1. The van der Waals surface area contributed by atoms with Crippen LogP contribution in [0.5, 0.6) is 0 Å². The van der Waals surface area contributed by atoms with Crippen molar-refractivity contribution in [2.24, 2.45) is 11.1 Å². The summed E-state index contributed by atoms with van der Waals surface area (Å²) in [6.45, 7) is 3.58. The van der Waals surface area contributed by atoms with E-state index in [1.54, 1.807) is 12.3 Å². The van der Waals surface area contributed by atoms with Crippen LogP contribution in [0.3, 0.4) is 0 Å². The van der Waals surface area contributed by atoms with Crippen LogP contribution in [0.2, 0.25) is 0 Å². The lowest BCUT2D eigenvalue weighted by molar-refractivity contribution is 0.0937. The molecule has 0 spiro atoms. The molecule has 1 fully saturated rings. The molecule has 0 aromatic carbocycles. The second-order valence-corrected chi connectivity index (χ2v) is 7.80. The summed E-state index contributed by atoms with van der Waals surface area (Å²) in [5.74, 6) is 0.510. The van der Waals surface area contributed by atoms with Crippen molar-refractivity contribution in [2.75, 3.05) is 0 Å². The van der Waals surface area contributed by atoms with Gasteiger partial charge in [-0.1, -0.05) is 12.8 Å². The number of sulfonamides is 1. The lowest BCUT2D eigenvalue weighted by Gasteiger charge is -2.13. The van der Waals surface area contributed by atoms with E-state index in [0.717, 1.165) is 23.7 Å². The van der Waals surface area contributed by atoms with Crippen LogP contribution < -0.4 is 10.5 Å². The minimum atomic E-state index is -3.75. The molecule has 1 aliphatic rings. The van der Waals surface area contributed by atoms with Crippen LogP contribution in [-0.4, -0.2) is 20.4 Å². The monoisotopic (exact) mass is 302 g/mol. The van der Waals surface area contributed by atoms with Gasteiger partial charge in [0, 0.05) is 11.4 Å². The molecule has 0 bridgehead atoms. The van der Waals surface area contributed by atoms with Gasteiger partial charge in [0.25, 0.3) is 5.91 Å². The van der Waals surface area contributed by atoms with Crippen molar-refractivity contribution < 1.29 is 13.2 Å². The lowest BCUT2D eigenvalue weighted by Crippen LogP contribution is -2.33. The van der Waals surface area contributed by atoms with Gasteiger partial charge in [-0.2, -0.15) is 0 Å². The summed E-state index contributed by atoms with van der Waals surface area (Å²) in [6, 6.07) is 0.109. The normalized spacial score (nSPS) is 17.2. The Balaban J connectivity index is 2.08. The zero-order valence-electron chi connectivity index (χ0n) is 11.0. The molecule has 0 radical (unpaired) electrons. The van der Waals surface area contributed by atoms with Gasteiger partial charge >= 0.3 is 0 Å². The summed E-state index contributed by atoms with van der Waals surface area (Å²) in [5, 5.41) is 9.55. The highest BCUT2D eigenvalue weighted by atomic mass is 32.2. The lowest BCUT2D eigenvalue weighted by atomic mass is 10.1. The second-order valence-electron chi connectivity index (χ2n) is 5.16. The fraction of sp³-hybridized carbons (Fsp3) is 0.583. The van der Waals surface area contributed by atoms with Gasteiger partial charge in [0.05, 0.1) is 5.56 Å². The van der Waals surface area contributed by atoms with E-state index in [9.17, 15) is 13.2 Å². The van der Waals surface area contributed by atoms with Gasteiger partial charge < -0.3 is 5.32 Å². The molecule has 0 aliphatic heterocycles. The maximum Gasteiger partial charge on any atom is 0.252 e. The minimum Gasteiger partial charge on any atom is -0.350 e. The standard InChI is InChI=1S/C12H18N2O3S2/c1-7(5-9-3-4-9)14-11(15)10-6-18-12(8(10)2)19(13,16)17/h6-7,9H,3-5H2,1-2H3,(H,14,15)(H2,13,16,17). The van der Waals surface area contributed by atoms with Crippen molar-refractivity contribution in [1.29, 1.82) is 0 Å². The molecule has 3 N–H and O–H groups in total. The van der Waals surface area contributed by atoms with Gasteiger partial charge in [0.15, 0.2) is 0 Å². The van der Waals surface area contributed by atoms with E-state index in [1.807, 2.05) is 6.92 Å². The quantitative estimate of drug-likeness (QED) is 0.866. The molecular formula is C12H18N2O3S2. The number of hydrogen-bond acceptors (Lipinski definition) is 4. The number of carbonyl (C=O) groups excluding carboxylic acids is 1. The average Bonchev–Trinajstić information content (AvgIpc) is 2.96. The minimum absolute atomic E-state index is 0.0625. The van der Waals surface area contributed by atoms with Crippen LogP contribution in [0.4, 0.5) is 0 Å². The summed E-state index contributed by atoms with van der Waals surface area (Å²) >= 11 is 0.991. The smallest absolute Gasteiger partial charge is 0.252 e. The first-order chi connectivity index (χ1) is 8.79. The van der Waals surface area contributed by atoms with Crippen molar-refractivity contribution in [3.05, 3.63) is 16.5 Å². The molecule has 106 valence electrons. The van der Waals surface area contributed by atoms with E-state index in [0.29, 0.717) is 11.1 Å². The second kappa shape index (κ2) is 5.22. The Bertz CT molecular complexity index is 588. The third-order valence-corrected chi connectivity index (χ3v) is 5.94. The zero-order chi connectivity index (χ0) is 14.2.